The normalized spacial score (nSPS) is 19.2. The van der Waals surface area contributed by atoms with Crippen LogP contribution in [0, 0.1) is 17.8 Å². The number of aliphatic hydroxyl groups excluding tert-OH is 1. The lowest BCUT2D eigenvalue weighted by molar-refractivity contribution is 0.313. The number of likely N-dealkylation sites (tertiary alicyclic amines) is 1. The summed E-state index contributed by atoms with van der Waals surface area (Å²) in [5.41, 5.74) is 2.33. The van der Waals surface area contributed by atoms with Gasteiger partial charge in [-0.15, -0.1) is 0 Å². The molecule has 102 valence electrons. The number of rotatable bonds is 4. The molecule has 1 fully saturated rings. The van der Waals surface area contributed by atoms with Gasteiger partial charge < -0.3 is 5.11 Å². The summed E-state index contributed by atoms with van der Waals surface area (Å²) in [5, 5.41) is 8.66. The average molecular weight is 257 g/mol. The Balaban J connectivity index is 1.86. The van der Waals surface area contributed by atoms with Crippen molar-refractivity contribution in [3.63, 3.8) is 0 Å². The van der Waals surface area contributed by atoms with Crippen molar-refractivity contribution in [1.29, 1.82) is 0 Å². The second-order valence-electron chi connectivity index (χ2n) is 5.34. The first-order chi connectivity index (χ1) is 9.31. The zero-order chi connectivity index (χ0) is 13.5. The highest BCUT2D eigenvalue weighted by Crippen LogP contribution is 2.22. The molecule has 1 unspecified atom stereocenters. The second-order valence-corrected chi connectivity index (χ2v) is 5.34. The van der Waals surface area contributed by atoms with Crippen LogP contribution in [0.15, 0.2) is 24.3 Å². The van der Waals surface area contributed by atoms with Crippen molar-refractivity contribution in [2.24, 2.45) is 5.92 Å². The molecule has 1 aliphatic heterocycles. The minimum absolute atomic E-state index is 0.0751. The Kier molecular flexibility index (Phi) is 5.44. The summed E-state index contributed by atoms with van der Waals surface area (Å²) >= 11 is 0. The van der Waals surface area contributed by atoms with Crippen molar-refractivity contribution in [2.45, 2.75) is 32.7 Å². The monoisotopic (exact) mass is 257 g/mol. The molecule has 1 atom stereocenters. The van der Waals surface area contributed by atoms with E-state index in [0.29, 0.717) is 0 Å². The minimum Gasteiger partial charge on any atom is -0.384 e. The van der Waals surface area contributed by atoms with E-state index in [1.54, 1.807) is 0 Å². The van der Waals surface area contributed by atoms with Gasteiger partial charge in [-0.1, -0.05) is 37.3 Å². The molecular formula is C17H23NO. The van der Waals surface area contributed by atoms with Gasteiger partial charge >= 0.3 is 0 Å². The van der Waals surface area contributed by atoms with Gasteiger partial charge in [0.2, 0.25) is 0 Å². The Morgan fingerprint density at radius 2 is 2.11 bits per heavy atom. The molecule has 0 bridgehead atoms. The van der Waals surface area contributed by atoms with E-state index in [2.05, 4.69) is 35.8 Å². The van der Waals surface area contributed by atoms with Crippen LogP contribution in [-0.4, -0.2) is 29.7 Å². The summed E-state index contributed by atoms with van der Waals surface area (Å²) < 4.78 is 0. The zero-order valence-corrected chi connectivity index (χ0v) is 11.7. The van der Waals surface area contributed by atoms with Gasteiger partial charge in [0.15, 0.2) is 0 Å². The molecule has 2 rings (SSSR count). The fourth-order valence-corrected chi connectivity index (χ4v) is 2.79. The molecule has 1 aromatic rings. The maximum absolute atomic E-state index is 8.66. The second kappa shape index (κ2) is 7.33. The average Bonchev–Trinajstić information content (AvgIpc) is 2.86. The molecule has 0 aromatic heterocycles. The topological polar surface area (TPSA) is 23.5 Å². The Hall–Kier alpha value is -1.30. The van der Waals surface area contributed by atoms with Crippen LogP contribution in [0.2, 0.25) is 0 Å². The van der Waals surface area contributed by atoms with Gasteiger partial charge in [0, 0.05) is 18.7 Å². The summed E-state index contributed by atoms with van der Waals surface area (Å²) in [7, 11) is 0. The summed E-state index contributed by atoms with van der Waals surface area (Å²) in [4.78, 5) is 2.55. The van der Waals surface area contributed by atoms with E-state index >= 15 is 0 Å². The number of hydrogen-bond acceptors (Lipinski definition) is 2. The molecule has 0 radical (unpaired) electrons. The fourth-order valence-electron chi connectivity index (χ4n) is 2.79. The van der Waals surface area contributed by atoms with Gasteiger partial charge in [-0.25, -0.2) is 0 Å². The summed E-state index contributed by atoms with van der Waals surface area (Å²) in [5.74, 6) is 6.50. The van der Waals surface area contributed by atoms with Crippen LogP contribution >= 0.6 is 0 Å². The van der Waals surface area contributed by atoms with E-state index in [1.807, 2.05) is 12.1 Å². The Labute approximate surface area is 116 Å². The van der Waals surface area contributed by atoms with E-state index in [-0.39, 0.29) is 6.61 Å². The highest BCUT2D eigenvalue weighted by Gasteiger charge is 2.21. The van der Waals surface area contributed by atoms with Crippen molar-refractivity contribution in [2.75, 3.05) is 19.7 Å². The number of nitrogens with zero attached hydrogens (tertiary/aromatic N) is 1. The SMILES string of the molecule is CCCC1CCN(Cc2ccc(C#CCO)cc2)C1. The van der Waals surface area contributed by atoms with Gasteiger partial charge in [-0.05, 0) is 43.0 Å². The largest absolute Gasteiger partial charge is 0.384 e. The molecule has 2 nitrogen and oxygen atoms in total. The van der Waals surface area contributed by atoms with Gasteiger partial charge in [-0.2, -0.15) is 0 Å². The summed E-state index contributed by atoms with van der Waals surface area (Å²) in [6, 6.07) is 8.37. The van der Waals surface area contributed by atoms with Crippen LogP contribution in [0.25, 0.3) is 0 Å². The minimum atomic E-state index is -0.0751. The van der Waals surface area contributed by atoms with Crippen LogP contribution in [0.3, 0.4) is 0 Å². The molecule has 0 amide bonds. The highest BCUT2D eigenvalue weighted by molar-refractivity contribution is 5.36. The summed E-state index contributed by atoms with van der Waals surface area (Å²) in [6.07, 6.45) is 4.02. The van der Waals surface area contributed by atoms with Crippen molar-refractivity contribution in [1.82, 2.24) is 4.90 Å². The first kappa shape index (κ1) is 14.1. The van der Waals surface area contributed by atoms with Crippen LogP contribution in [0.1, 0.15) is 37.3 Å². The lowest BCUT2D eigenvalue weighted by Crippen LogP contribution is -2.20. The van der Waals surface area contributed by atoms with Crippen molar-refractivity contribution < 1.29 is 5.11 Å². The molecule has 1 aromatic carbocycles. The van der Waals surface area contributed by atoms with Gasteiger partial charge in [0.1, 0.15) is 6.61 Å². The fraction of sp³-hybridized carbons (Fsp3) is 0.529. The standard InChI is InChI=1S/C17H23NO/c1-2-4-16-10-11-18(13-16)14-17-8-6-15(7-9-17)5-3-12-19/h6-9,16,19H,2,4,10-14H2,1H3. The van der Waals surface area contributed by atoms with Crippen LogP contribution < -0.4 is 0 Å². The number of benzene rings is 1. The predicted molar refractivity (Wildman–Crippen MR) is 78.7 cm³/mol. The molecule has 19 heavy (non-hydrogen) atoms. The highest BCUT2D eigenvalue weighted by atomic mass is 16.2. The van der Waals surface area contributed by atoms with Gasteiger partial charge in [-0.3, -0.25) is 4.90 Å². The van der Waals surface area contributed by atoms with E-state index in [9.17, 15) is 0 Å². The van der Waals surface area contributed by atoms with E-state index < -0.39 is 0 Å². The Morgan fingerprint density at radius 1 is 1.32 bits per heavy atom. The third-order valence-corrected chi connectivity index (χ3v) is 3.74. The lowest BCUT2D eigenvalue weighted by atomic mass is 10.0. The molecule has 1 N–H and O–H groups in total. The maximum Gasteiger partial charge on any atom is 0.104 e. The molecule has 0 saturated carbocycles. The molecule has 2 heteroatoms. The summed E-state index contributed by atoms with van der Waals surface area (Å²) in [6.45, 7) is 5.73. The van der Waals surface area contributed by atoms with Crippen LogP contribution in [-0.2, 0) is 6.54 Å². The molecule has 1 saturated heterocycles. The quantitative estimate of drug-likeness (QED) is 0.838. The van der Waals surface area contributed by atoms with Crippen LogP contribution in [0.4, 0.5) is 0 Å². The molecule has 0 spiro atoms. The van der Waals surface area contributed by atoms with E-state index in [4.69, 9.17) is 5.11 Å². The van der Waals surface area contributed by atoms with Crippen molar-refractivity contribution >= 4 is 0 Å². The maximum atomic E-state index is 8.66. The Bertz CT molecular complexity index is 441. The third-order valence-electron chi connectivity index (χ3n) is 3.74. The first-order valence-corrected chi connectivity index (χ1v) is 7.23. The smallest absolute Gasteiger partial charge is 0.104 e. The van der Waals surface area contributed by atoms with E-state index in [1.165, 1.54) is 37.9 Å². The van der Waals surface area contributed by atoms with E-state index in [0.717, 1.165) is 18.0 Å². The van der Waals surface area contributed by atoms with Crippen LogP contribution in [0.5, 0.6) is 0 Å². The zero-order valence-electron chi connectivity index (χ0n) is 11.7. The van der Waals surface area contributed by atoms with Crippen molar-refractivity contribution in [3.05, 3.63) is 35.4 Å². The predicted octanol–water partition coefficient (Wildman–Crippen LogP) is 2.65. The number of hydrogen-bond donors (Lipinski definition) is 1. The first-order valence-electron chi connectivity index (χ1n) is 7.23. The third kappa shape index (κ3) is 4.38. The molecule has 1 heterocycles. The van der Waals surface area contributed by atoms with Crippen molar-refractivity contribution in [3.8, 4) is 11.8 Å². The van der Waals surface area contributed by atoms with Gasteiger partial charge in [0.05, 0.1) is 0 Å². The molecular weight excluding hydrogens is 234 g/mol. The number of aliphatic hydroxyl groups is 1. The van der Waals surface area contributed by atoms with Gasteiger partial charge in [0.25, 0.3) is 0 Å². The Morgan fingerprint density at radius 3 is 2.79 bits per heavy atom. The molecule has 1 aliphatic rings. The lowest BCUT2D eigenvalue weighted by Gasteiger charge is -2.16. The molecule has 0 aliphatic carbocycles.